The molecule has 0 radical (unpaired) electrons. The van der Waals surface area contributed by atoms with Gasteiger partial charge in [0.2, 0.25) is 0 Å². The summed E-state index contributed by atoms with van der Waals surface area (Å²) in [6.07, 6.45) is 3.62. The Hall–Kier alpha value is -0.120. The van der Waals surface area contributed by atoms with Gasteiger partial charge in [0, 0.05) is 0 Å². The molecule has 0 aliphatic heterocycles. The Morgan fingerprint density at radius 2 is 2.10 bits per heavy atom. The number of hydrogen-bond donors (Lipinski definition) is 2. The Morgan fingerprint density at radius 3 is 2.50 bits per heavy atom. The van der Waals surface area contributed by atoms with Gasteiger partial charge in [-0.05, 0) is 6.42 Å². The lowest BCUT2D eigenvalue weighted by Crippen LogP contribution is -2.15. The van der Waals surface area contributed by atoms with E-state index in [1.165, 1.54) is 0 Å². The Balaban J connectivity index is 3.09. The number of unbranched alkanes of at least 4 members (excludes halogenated alkanes) is 2. The Labute approximate surface area is 61.6 Å². The number of aliphatic hydroxyl groups excluding tert-OH is 1. The summed E-state index contributed by atoms with van der Waals surface area (Å²) in [5, 5.41) is 16.7. The van der Waals surface area contributed by atoms with Gasteiger partial charge < -0.3 is 5.11 Å². The molecule has 0 saturated carbocycles. The fourth-order valence-electron chi connectivity index (χ4n) is 0.799. The van der Waals surface area contributed by atoms with Crippen LogP contribution in [0, 0.1) is 0 Å². The van der Waals surface area contributed by atoms with E-state index >= 15 is 0 Å². The molecule has 0 aliphatic rings. The molecule has 3 heteroatoms. The van der Waals surface area contributed by atoms with Crippen molar-refractivity contribution in [3.63, 3.8) is 0 Å². The molecule has 0 saturated heterocycles. The van der Waals surface area contributed by atoms with Crippen LogP contribution in [0.1, 0.15) is 32.6 Å². The minimum atomic E-state index is -0.383. The predicted molar refractivity (Wildman–Crippen MR) is 38.7 cm³/mol. The topological polar surface area (TPSA) is 49.7 Å². The van der Waals surface area contributed by atoms with Crippen LogP contribution < -0.4 is 0 Å². The van der Waals surface area contributed by atoms with Crippen LogP contribution in [-0.2, 0) is 4.89 Å². The fraction of sp³-hybridized carbons (Fsp3) is 1.00. The van der Waals surface area contributed by atoms with Crippen LogP contribution in [0.15, 0.2) is 0 Å². The molecule has 0 aromatic heterocycles. The second-order valence-corrected chi connectivity index (χ2v) is 2.41. The molecule has 0 fully saturated rings. The van der Waals surface area contributed by atoms with Crippen LogP contribution >= 0.6 is 0 Å². The quantitative estimate of drug-likeness (QED) is 0.340. The molecule has 0 spiro atoms. The average molecular weight is 148 g/mol. The summed E-state index contributed by atoms with van der Waals surface area (Å²) in [5.74, 6) is 0. The maximum atomic E-state index is 8.54. The standard InChI is InChI=1S/C7H16O3/c1-2-3-4-5-7(6-8)10-9/h7-9H,2-6H2,1H3. The smallest absolute Gasteiger partial charge is 0.116 e. The van der Waals surface area contributed by atoms with Gasteiger partial charge in [-0.1, -0.05) is 26.2 Å². The van der Waals surface area contributed by atoms with E-state index in [0.717, 1.165) is 25.7 Å². The molecule has 10 heavy (non-hydrogen) atoms. The van der Waals surface area contributed by atoms with Crippen molar-refractivity contribution >= 4 is 0 Å². The van der Waals surface area contributed by atoms with Gasteiger partial charge >= 0.3 is 0 Å². The summed E-state index contributed by atoms with van der Waals surface area (Å²) in [6, 6.07) is 0. The summed E-state index contributed by atoms with van der Waals surface area (Å²) >= 11 is 0. The van der Waals surface area contributed by atoms with E-state index in [1.54, 1.807) is 0 Å². The summed E-state index contributed by atoms with van der Waals surface area (Å²) in [5.41, 5.74) is 0. The zero-order valence-electron chi connectivity index (χ0n) is 6.42. The normalized spacial score (nSPS) is 13.5. The summed E-state index contributed by atoms with van der Waals surface area (Å²) in [7, 11) is 0. The van der Waals surface area contributed by atoms with Gasteiger partial charge in [0.05, 0.1) is 6.61 Å². The Morgan fingerprint density at radius 1 is 1.40 bits per heavy atom. The van der Waals surface area contributed by atoms with Gasteiger partial charge in [0.15, 0.2) is 0 Å². The lowest BCUT2D eigenvalue weighted by molar-refractivity contribution is -0.286. The molecule has 0 aliphatic carbocycles. The third kappa shape index (κ3) is 4.73. The van der Waals surface area contributed by atoms with Gasteiger partial charge in [-0.25, -0.2) is 4.89 Å². The van der Waals surface area contributed by atoms with Crippen molar-refractivity contribution in [2.75, 3.05) is 6.61 Å². The van der Waals surface area contributed by atoms with Crippen molar-refractivity contribution in [1.82, 2.24) is 0 Å². The summed E-state index contributed by atoms with van der Waals surface area (Å²) < 4.78 is 0. The van der Waals surface area contributed by atoms with E-state index in [2.05, 4.69) is 11.8 Å². The number of rotatable bonds is 6. The lowest BCUT2D eigenvalue weighted by Gasteiger charge is -2.08. The molecule has 0 heterocycles. The molecule has 3 nitrogen and oxygen atoms in total. The molecule has 0 bridgehead atoms. The minimum Gasteiger partial charge on any atom is -0.394 e. The highest BCUT2D eigenvalue weighted by molar-refractivity contribution is 4.53. The highest BCUT2D eigenvalue weighted by Crippen LogP contribution is 2.04. The fourth-order valence-corrected chi connectivity index (χ4v) is 0.799. The second-order valence-electron chi connectivity index (χ2n) is 2.41. The van der Waals surface area contributed by atoms with Crippen molar-refractivity contribution in [3.05, 3.63) is 0 Å². The van der Waals surface area contributed by atoms with Crippen LogP contribution in [0.2, 0.25) is 0 Å². The number of aliphatic hydroxyl groups is 1. The first-order valence-corrected chi connectivity index (χ1v) is 3.76. The van der Waals surface area contributed by atoms with Gasteiger partial charge in [-0.3, -0.25) is 5.26 Å². The summed E-state index contributed by atoms with van der Waals surface area (Å²) in [6.45, 7) is 2.01. The monoisotopic (exact) mass is 148 g/mol. The molecule has 0 rings (SSSR count). The van der Waals surface area contributed by atoms with E-state index in [4.69, 9.17) is 10.4 Å². The van der Waals surface area contributed by atoms with Gasteiger partial charge in [0.1, 0.15) is 6.10 Å². The van der Waals surface area contributed by atoms with E-state index in [-0.39, 0.29) is 12.7 Å². The van der Waals surface area contributed by atoms with E-state index in [1.807, 2.05) is 0 Å². The zero-order chi connectivity index (χ0) is 7.82. The summed E-state index contributed by atoms with van der Waals surface area (Å²) in [4.78, 5) is 4.00. The average Bonchev–Trinajstić information content (AvgIpc) is 1.99. The molecular formula is C7H16O3. The molecule has 2 N–H and O–H groups in total. The van der Waals surface area contributed by atoms with Crippen LogP contribution in [0.4, 0.5) is 0 Å². The predicted octanol–water partition coefficient (Wildman–Crippen LogP) is 1.42. The van der Waals surface area contributed by atoms with Crippen molar-refractivity contribution in [1.29, 1.82) is 0 Å². The SMILES string of the molecule is CCCCCC(CO)OO. The first-order chi connectivity index (χ1) is 4.85. The van der Waals surface area contributed by atoms with Crippen molar-refractivity contribution in [3.8, 4) is 0 Å². The molecule has 1 unspecified atom stereocenters. The maximum Gasteiger partial charge on any atom is 0.116 e. The minimum absolute atomic E-state index is 0.0970. The third-order valence-corrected chi connectivity index (χ3v) is 1.48. The Bertz CT molecular complexity index is 61.9. The number of hydrogen-bond acceptors (Lipinski definition) is 3. The van der Waals surface area contributed by atoms with Gasteiger partial charge in [0.25, 0.3) is 0 Å². The first-order valence-electron chi connectivity index (χ1n) is 3.76. The van der Waals surface area contributed by atoms with Crippen molar-refractivity contribution in [2.24, 2.45) is 0 Å². The maximum absolute atomic E-state index is 8.54. The van der Waals surface area contributed by atoms with Crippen molar-refractivity contribution in [2.45, 2.75) is 38.7 Å². The first kappa shape index (κ1) is 9.88. The Kier molecular flexibility index (Phi) is 6.91. The molecule has 1 atom stereocenters. The van der Waals surface area contributed by atoms with E-state index in [9.17, 15) is 0 Å². The second kappa shape index (κ2) is 6.99. The largest absolute Gasteiger partial charge is 0.394 e. The van der Waals surface area contributed by atoms with Crippen LogP contribution in [0.3, 0.4) is 0 Å². The third-order valence-electron chi connectivity index (χ3n) is 1.48. The van der Waals surface area contributed by atoms with E-state index < -0.39 is 0 Å². The highest BCUT2D eigenvalue weighted by atomic mass is 17.1. The van der Waals surface area contributed by atoms with Crippen LogP contribution in [-0.4, -0.2) is 23.1 Å². The van der Waals surface area contributed by atoms with Crippen LogP contribution in [0.5, 0.6) is 0 Å². The molecular weight excluding hydrogens is 132 g/mol. The lowest BCUT2D eigenvalue weighted by atomic mass is 10.1. The van der Waals surface area contributed by atoms with Crippen molar-refractivity contribution < 1.29 is 15.3 Å². The highest BCUT2D eigenvalue weighted by Gasteiger charge is 2.04. The zero-order valence-corrected chi connectivity index (χ0v) is 6.42. The van der Waals surface area contributed by atoms with Gasteiger partial charge in [-0.15, -0.1) is 0 Å². The van der Waals surface area contributed by atoms with Gasteiger partial charge in [-0.2, -0.15) is 0 Å². The van der Waals surface area contributed by atoms with Crippen LogP contribution in [0.25, 0.3) is 0 Å². The molecule has 0 aromatic carbocycles. The molecule has 0 aromatic rings. The van der Waals surface area contributed by atoms with E-state index in [0.29, 0.717) is 0 Å². The molecule has 0 amide bonds. The molecule has 62 valence electrons.